The summed E-state index contributed by atoms with van der Waals surface area (Å²) in [4.78, 5) is 31.6. The molecule has 0 bridgehead atoms. The van der Waals surface area contributed by atoms with Gasteiger partial charge < -0.3 is 19.6 Å². The molecule has 8 heteroatoms. The van der Waals surface area contributed by atoms with E-state index in [4.69, 9.17) is 4.74 Å². The third-order valence-corrected chi connectivity index (χ3v) is 9.93. The van der Waals surface area contributed by atoms with Gasteiger partial charge in [0, 0.05) is 44.8 Å². The van der Waals surface area contributed by atoms with E-state index in [2.05, 4.69) is 47.1 Å². The van der Waals surface area contributed by atoms with E-state index in [0.29, 0.717) is 30.3 Å². The Hall–Kier alpha value is -2.97. The highest BCUT2D eigenvalue weighted by Crippen LogP contribution is 2.43. The normalized spacial score (nSPS) is 23.3. The molecular formula is C35H48FN3O4. The fourth-order valence-corrected chi connectivity index (χ4v) is 7.45. The molecule has 43 heavy (non-hydrogen) atoms. The van der Waals surface area contributed by atoms with Crippen molar-refractivity contribution in [2.75, 3.05) is 39.3 Å². The molecule has 1 N–H and O–H groups in total. The zero-order valence-corrected chi connectivity index (χ0v) is 25.6. The van der Waals surface area contributed by atoms with E-state index in [1.54, 1.807) is 12.1 Å². The van der Waals surface area contributed by atoms with E-state index >= 15 is 0 Å². The zero-order chi connectivity index (χ0) is 30.2. The average Bonchev–Trinajstić information content (AvgIpc) is 3.41. The number of hydrogen-bond acceptors (Lipinski definition) is 5. The molecule has 2 aliphatic carbocycles. The summed E-state index contributed by atoms with van der Waals surface area (Å²) in [7, 11) is 0. The number of carboxylic acid groups (broad SMARTS) is 1. The molecule has 0 radical (unpaired) electrons. The zero-order valence-electron chi connectivity index (χ0n) is 25.6. The maximum atomic E-state index is 13.2. The lowest BCUT2D eigenvalue weighted by atomic mass is 9.84. The molecule has 7 nitrogen and oxygen atoms in total. The van der Waals surface area contributed by atoms with Gasteiger partial charge in [0.1, 0.15) is 12.4 Å². The summed E-state index contributed by atoms with van der Waals surface area (Å²) in [6.45, 7) is 6.77. The number of aliphatic carboxylic acids is 1. The number of carboxylic acids is 1. The van der Waals surface area contributed by atoms with Crippen molar-refractivity contribution in [1.82, 2.24) is 14.7 Å². The first-order chi connectivity index (χ1) is 20.9. The lowest BCUT2D eigenvalue weighted by Gasteiger charge is -2.39. The van der Waals surface area contributed by atoms with E-state index in [9.17, 15) is 19.1 Å². The van der Waals surface area contributed by atoms with Crippen molar-refractivity contribution in [3.8, 4) is 0 Å². The van der Waals surface area contributed by atoms with E-state index < -0.39 is 5.97 Å². The fraction of sp³-hybridized carbons (Fsp3) is 0.600. The summed E-state index contributed by atoms with van der Waals surface area (Å²) < 4.78 is 18.9. The van der Waals surface area contributed by atoms with Crippen LogP contribution in [0.3, 0.4) is 0 Å². The number of carbonyl (C=O) groups is 2. The monoisotopic (exact) mass is 593 g/mol. The van der Waals surface area contributed by atoms with E-state index in [-0.39, 0.29) is 31.1 Å². The highest BCUT2D eigenvalue weighted by molar-refractivity contribution is 5.69. The molecular weight excluding hydrogens is 545 g/mol. The molecule has 234 valence electrons. The number of amides is 1. The summed E-state index contributed by atoms with van der Waals surface area (Å²) in [6.07, 6.45) is 8.13. The van der Waals surface area contributed by atoms with Gasteiger partial charge in [-0.2, -0.15) is 0 Å². The van der Waals surface area contributed by atoms with Crippen molar-refractivity contribution in [3.05, 3.63) is 71.5 Å². The van der Waals surface area contributed by atoms with Gasteiger partial charge >= 0.3 is 12.1 Å². The minimum absolute atomic E-state index is 0.130. The Kier molecular flexibility index (Phi) is 11.1. The van der Waals surface area contributed by atoms with Crippen molar-refractivity contribution >= 4 is 12.1 Å². The molecule has 1 heterocycles. The van der Waals surface area contributed by atoms with Gasteiger partial charge in [0.15, 0.2) is 0 Å². The second-order valence-corrected chi connectivity index (χ2v) is 12.9. The van der Waals surface area contributed by atoms with Crippen LogP contribution < -0.4 is 0 Å². The fourth-order valence-electron chi connectivity index (χ4n) is 7.45. The van der Waals surface area contributed by atoms with Gasteiger partial charge in [-0.25, -0.2) is 9.18 Å². The number of benzene rings is 2. The topological polar surface area (TPSA) is 73.3 Å². The van der Waals surface area contributed by atoms with Crippen LogP contribution in [0.4, 0.5) is 9.18 Å². The molecule has 3 fully saturated rings. The van der Waals surface area contributed by atoms with Crippen LogP contribution in [0.25, 0.3) is 0 Å². The molecule has 1 saturated heterocycles. The maximum absolute atomic E-state index is 13.2. The van der Waals surface area contributed by atoms with E-state index in [1.165, 1.54) is 37.0 Å². The summed E-state index contributed by atoms with van der Waals surface area (Å²) >= 11 is 0. The Bertz CT molecular complexity index is 1170. The maximum Gasteiger partial charge on any atom is 0.410 e. The van der Waals surface area contributed by atoms with Crippen LogP contribution in [-0.4, -0.2) is 83.2 Å². The van der Waals surface area contributed by atoms with Gasteiger partial charge in [0.2, 0.25) is 0 Å². The first-order valence-corrected chi connectivity index (χ1v) is 16.3. The minimum atomic E-state index is -0.728. The molecule has 1 aliphatic heterocycles. The van der Waals surface area contributed by atoms with Gasteiger partial charge in [-0.15, -0.1) is 0 Å². The third-order valence-electron chi connectivity index (χ3n) is 9.93. The number of nitrogens with zero attached hydrogens (tertiary/aromatic N) is 3. The molecule has 2 aromatic carbocycles. The Morgan fingerprint density at radius 3 is 2.33 bits per heavy atom. The van der Waals surface area contributed by atoms with Gasteiger partial charge in [-0.05, 0) is 86.0 Å². The molecule has 0 unspecified atom stereocenters. The van der Waals surface area contributed by atoms with Crippen LogP contribution in [0.2, 0.25) is 0 Å². The molecule has 2 aromatic rings. The van der Waals surface area contributed by atoms with Crippen molar-refractivity contribution < 1.29 is 23.8 Å². The molecule has 1 amide bonds. The van der Waals surface area contributed by atoms with Crippen LogP contribution in [0.1, 0.15) is 75.3 Å². The highest BCUT2D eigenvalue weighted by Gasteiger charge is 2.40. The number of carbonyl (C=O) groups excluding carboxylic acids is 1. The second kappa shape index (κ2) is 15.2. The first kappa shape index (κ1) is 31.5. The third kappa shape index (κ3) is 8.57. The molecule has 5 rings (SSSR count). The van der Waals surface area contributed by atoms with Gasteiger partial charge in [0.25, 0.3) is 0 Å². The van der Waals surface area contributed by atoms with Crippen LogP contribution >= 0.6 is 0 Å². The molecule has 3 aliphatic rings. The first-order valence-electron chi connectivity index (χ1n) is 16.3. The van der Waals surface area contributed by atoms with Gasteiger partial charge in [-0.1, -0.05) is 55.8 Å². The van der Waals surface area contributed by atoms with E-state index in [1.807, 2.05) is 4.90 Å². The molecule has 2 saturated carbocycles. The largest absolute Gasteiger partial charge is 0.480 e. The second-order valence-electron chi connectivity index (χ2n) is 12.9. The van der Waals surface area contributed by atoms with Gasteiger partial charge in [0.05, 0.1) is 6.54 Å². The van der Waals surface area contributed by atoms with Crippen molar-refractivity contribution in [3.63, 3.8) is 0 Å². The Labute approximate surface area is 256 Å². The smallest absolute Gasteiger partial charge is 0.410 e. The summed E-state index contributed by atoms with van der Waals surface area (Å²) in [6, 6.07) is 17.3. The SMILES string of the molecule is CCCN(C(=O)OCc1ccc(F)cc1)C1CCN(C[C@H]2C[C@H](N(CC(=O)O)CC3CCC3)C[C@@H]2c2ccccc2)CC1. The average molecular weight is 594 g/mol. The number of hydrogen-bond donors (Lipinski definition) is 1. The minimum Gasteiger partial charge on any atom is -0.480 e. The molecule has 3 atom stereocenters. The number of piperidine rings is 1. The van der Waals surface area contributed by atoms with Crippen LogP contribution in [0, 0.1) is 17.7 Å². The Morgan fingerprint density at radius 2 is 1.70 bits per heavy atom. The number of rotatable bonds is 13. The Balaban J connectivity index is 1.19. The number of ether oxygens (including phenoxy) is 1. The van der Waals surface area contributed by atoms with Crippen LogP contribution in [0.15, 0.2) is 54.6 Å². The van der Waals surface area contributed by atoms with Crippen molar-refractivity contribution in [2.24, 2.45) is 11.8 Å². The predicted molar refractivity (Wildman–Crippen MR) is 165 cm³/mol. The summed E-state index contributed by atoms with van der Waals surface area (Å²) in [5.74, 6) is 0.493. The van der Waals surface area contributed by atoms with Crippen molar-refractivity contribution in [1.29, 1.82) is 0 Å². The highest BCUT2D eigenvalue weighted by atomic mass is 19.1. The summed E-state index contributed by atoms with van der Waals surface area (Å²) in [5, 5.41) is 9.71. The lowest BCUT2D eigenvalue weighted by molar-refractivity contribution is -0.139. The van der Waals surface area contributed by atoms with Crippen LogP contribution in [-0.2, 0) is 16.1 Å². The lowest BCUT2D eigenvalue weighted by Crippen LogP contribution is -2.48. The molecule has 0 spiro atoms. The number of halogens is 1. The van der Waals surface area contributed by atoms with E-state index in [0.717, 1.165) is 63.8 Å². The standard InChI is InChI=1S/C35H48FN3O4/c1-2-17-39(35(42)43-25-27-11-13-30(36)14-12-27)31-15-18-37(19-16-31)23-29-20-32(21-33(29)28-9-4-3-5-10-28)38(24-34(40)41)22-26-7-6-8-26/h3-5,9-14,26,29,31-33H,2,6-8,15-25H2,1H3,(H,40,41)/t29-,32+,33-/m1/s1. The molecule has 0 aromatic heterocycles. The summed E-state index contributed by atoms with van der Waals surface area (Å²) in [5.41, 5.74) is 2.14. The number of likely N-dealkylation sites (tertiary alicyclic amines) is 1. The predicted octanol–water partition coefficient (Wildman–Crippen LogP) is 6.39. The van der Waals surface area contributed by atoms with Crippen molar-refractivity contribution in [2.45, 2.75) is 82.9 Å². The van der Waals surface area contributed by atoms with Crippen LogP contribution in [0.5, 0.6) is 0 Å². The Morgan fingerprint density at radius 1 is 0.977 bits per heavy atom. The quantitative estimate of drug-likeness (QED) is 0.290. The van der Waals surface area contributed by atoms with Gasteiger partial charge in [-0.3, -0.25) is 9.69 Å².